The fraction of sp³-hybridized carbons (Fsp3) is 0.652. The van der Waals surface area contributed by atoms with Crippen molar-refractivity contribution in [3.05, 3.63) is 28.8 Å². The number of guanidine groups is 1. The van der Waals surface area contributed by atoms with Crippen LogP contribution in [0.1, 0.15) is 70.1 Å². The first-order chi connectivity index (χ1) is 14.1. The maximum Gasteiger partial charge on any atom is 0.407 e. The molecule has 7 heteroatoms. The number of aromatic hydroxyl groups is 1. The average Bonchev–Trinajstić information content (AvgIpc) is 2.64. The molecular weight excluding hydrogens is 380 g/mol. The molecule has 2 rings (SSSR count). The zero-order valence-corrected chi connectivity index (χ0v) is 19.3. The molecule has 0 spiro atoms. The molecule has 1 aliphatic rings. The molecule has 1 aliphatic carbocycles. The van der Waals surface area contributed by atoms with E-state index in [0.29, 0.717) is 18.3 Å². The maximum atomic E-state index is 12.0. The highest BCUT2D eigenvalue weighted by molar-refractivity contribution is 5.80. The van der Waals surface area contributed by atoms with Crippen molar-refractivity contribution < 1.29 is 14.6 Å². The van der Waals surface area contributed by atoms with Crippen LogP contribution in [0.15, 0.2) is 17.1 Å². The Balaban J connectivity index is 1.87. The fourth-order valence-corrected chi connectivity index (χ4v) is 3.68. The number of hydrogen-bond acceptors (Lipinski definition) is 4. The number of phenolic OH excluding ortho intramolecular Hbond substituents is 1. The third kappa shape index (κ3) is 7.76. The molecule has 7 nitrogen and oxygen atoms in total. The monoisotopic (exact) mass is 418 g/mol. The summed E-state index contributed by atoms with van der Waals surface area (Å²) in [6, 6.07) is 4.43. The number of hydrogen-bond donors (Lipinski definition) is 4. The summed E-state index contributed by atoms with van der Waals surface area (Å²) < 4.78 is 5.35. The van der Waals surface area contributed by atoms with Gasteiger partial charge < -0.3 is 25.8 Å². The highest BCUT2D eigenvalue weighted by atomic mass is 16.6. The summed E-state index contributed by atoms with van der Waals surface area (Å²) in [6.45, 7) is 12.8. The number of phenols is 1. The number of aliphatic imine (C=N–C) groups is 1. The summed E-state index contributed by atoms with van der Waals surface area (Å²) in [5.74, 6) is 1.15. The largest absolute Gasteiger partial charge is 0.507 e. The van der Waals surface area contributed by atoms with Gasteiger partial charge in [-0.25, -0.2) is 9.79 Å². The van der Waals surface area contributed by atoms with Gasteiger partial charge in [0.15, 0.2) is 5.96 Å². The van der Waals surface area contributed by atoms with E-state index in [0.717, 1.165) is 54.9 Å². The highest BCUT2D eigenvalue weighted by Crippen LogP contribution is 2.23. The average molecular weight is 419 g/mol. The molecule has 0 unspecified atom stereocenters. The first-order valence-electron chi connectivity index (χ1n) is 10.9. The van der Waals surface area contributed by atoms with Crippen LogP contribution < -0.4 is 16.0 Å². The van der Waals surface area contributed by atoms with Crippen LogP contribution in [-0.4, -0.2) is 41.4 Å². The quantitative estimate of drug-likeness (QED) is 0.430. The van der Waals surface area contributed by atoms with Crippen molar-refractivity contribution in [2.45, 2.75) is 91.5 Å². The van der Waals surface area contributed by atoms with Gasteiger partial charge in [-0.15, -0.1) is 0 Å². The number of nitrogens with one attached hydrogen (secondary N) is 3. The molecule has 30 heavy (non-hydrogen) atoms. The van der Waals surface area contributed by atoms with Crippen molar-refractivity contribution in [3.63, 3.8) is 0 Å². The van der Waals surface area contributed by atoms with Crippen LogP contribution >= 0.6 is 0 Å². The summed E-state index contributed by atoms with van der Waals surface area (Å²) >= 11 is 0. The summed E-state index contributed by atoms with van der Waals surface area (Å²) in [4.78, 5) is 16.7. The third-order valence-electron chi connectivity index (χ3n) is 5.10. The summed E-state index contributed by atoms with van der Waals surface area (Å²) in [7, 11) is 0. The van der Waals surface area contributed by atoms with Gasteiger partial charge in [0.05, 0.1) is 6.54 Å². The number of alkyl carbamates (subject to hydrolysis) is 1. The van der Waals surface area contributed by atoms with Gasteiger partial charge in [-0.05, 0) is 83.9 Å². The van der Waals surface area contributed by atoms with Crippen molar-refractivity contribution in [2.24, 2.45) is 4.99 Å². The summed E-state index contributed by atoms with van der Waals surface area (Å²) in [5, 5.41) is 19.8. The highest BCUT2D eigenvalue weighted by Gasteiger charge is 2.25. The molecule has 0 aliphatic heterocycles. The van der Waals surface area contributed by atoms with Crippen molar-refractivity contribution in [2.75, 3.05) is 6.54 Å². The number of benzene rings is 1. The van der Waals surface area contributed by atoms with Crippen molar-refractivity contribution in [1.82, 2.24) is 16.0 Å². The van der Waals surface area contributed by atoms with Crippen molar-refractivity contribution >= 4 is 12.1 Å². The second-order valence-corrected chi connectivity index (χ2v) is 9.11. The van der Waals surface area contributed by atoms with Crippen LogP contribution in [0.2, 0.25) is 0 Å². The minimum absolute atomic E-state index is 0.153. The molecule has 0 aromatic heterocycles. The Hall–Kier alpha value is -2.44. The van der Waals surface area contributed by atoms with E-state index in [1.165, 1.54) is 0 Å². The van der Waals surface area contributed by atoms with Crippen LogP contribution in [0.25, 0.3) is 0 Å². The number of nitrogens with zero attached hydrogens (tertiary/aromatic N) is 1. The molecule has 1 aromatic rings. The van der Waals surface area contributed by atoms with E-state index >= 15 is 0 Å². The van der Waals surface area contributed by atoms with Crippen LogP contribution in [0, 0.1) is 13.8 Å². The first-order valence-corrected chi connectivity index (χ1v) is 10.9. The molecule has 1 aromatic carbocycles. The molecule has 0 bridgehead atoms. The van der Waals surface area contributed by atoms with E-state index in [1.54, 1.807) is 0 Å². The maximum absolute atomic E-state index is 12.0. The lowest BCUT2D eigenvalue weighted by atomic mass is 9.91. The standard InChI is InChI=1S/C23H38N4O3/c1-7-24-21(25-14-17-12-15(2)20(28)16(3)13-17)26-18-8-10-19(11-9-18)27-22(29)30-23(4,5)6/h12-13,18-19,28H,7-11,14H2,1-6H3,(H,27,29)(H2,24,25,26). The Morgan fingerprint density at radius 1 is 1.10 bits per heavy atom. The van der Waals surface area contributed by atoms with Gasteiger partial charge in [0.25, 0.3) is 0 Å². The molecule has 1 amide bonds. The number of aryl methyl sites for hydroxylation is 2. The molecule has 1 fully saturated rings. The van der Waals surface area contributed by atoms with E-state index in [-0.39, 0.29) is 12.1 Å². The van der Waals surface area contributed by atoms with Crippen LogP contribution in [0.5, 0.6) is 5.75 Å². The molecule has 0 atom stereocenters. The van der Waals surface area contributed by atoms with Gasteiger partial charge in [0.1, 0.15) is 11.4 Å². The second kappa shape index (κ2) is 10.5. The molecule has 4 N–H and O–H groups in total. The Morgan fingerprint density at radius 3 is 2.13 bits per heavy atom. The summed E-state index contributed by atoms with van der Waals surface area (Å²) in [5.41, 5.74) is 2.34. The van der Waals surface area contributed by atoms with E-state index in [1.807, 2.05) is 53.7 Å². The van der Waals surface area contributed by atoms with Gasteiger partial charge in [-0.3, -0.25) is 0 Å². The van der Waals surface area contributed by atoms with E-state index < -0.39 is 5.60 Å². The van der Waals surface area contributed by atoms with E-state index in [9.17, 15) is 9.90 Å². The van der Waals surface area contributed by atoms with Gasteiger partial charge in [0.2, 0.25) is 0 Å². The van der Waals surface area contributed by atoms with E-state index in [2.05, 4.69) is 16.0 Å². The Bertz CT molecular complexity index is 724. The summed E-state index contributed by atoms with van der Waals surface area (Å²) in [6.07, 6.45) is 3.40. The Labute approximate surface area is 180 Å². The Kier molecular flexibility index (Phi) is 8.38. The van der Waals surface area contributed by atoms with Crippen molar-refractivity contribution in [3.8, 4) is 5.75 Å². The fourth-order valence-electron chi connectivity index (χ4n) is 3.68. The van der Waals surface area contributed by atoms with Gasteiger partial charge >= 0.3 is 6.09 Å². The lowest BCUT2D eigenvalue weighted by Crippen LogP contribution is -2.48. The zero-order chi connectivity index (χ0) is 22.3. The molecule has 0 radical (unpaired) electrons. The predicted octanol–water partition coefficient (Wildman–Crippen LogP) is 3.90. The normalized spacial score (nSPS) is 19.9. The molecule has 0 saturated heterocycles. The van der Waals surface area contributed by atoms with E-state index in [4.69, 9.17) is 9.73 Å². The van der Waals surface area contributed by atoms with Crippen LogP contribution in [-0.2, 0) is 11.3 Å². The second-order valence-electron chi connectivity index (χ2n) is 9.11. The zero-order valence-electron chi connectivity index (χ0n) is 19.3. The third-order valence-corrected chi connectivity index (χ3v) is 5.10. The predicted molar refractivity (Wildman–Crippen MR) is 121 cm³/mol. The topological polar surface area (TPSA) is 95.0 Å². The lowest BCUT2D eigenvalue weighted by Gasteiger charge is -2.31. The minimum Gasteiger partial charge on any atom is -0.507 e. The van der Waals surface area contributed by atoms with Gasteiger partial charge in [-0.2, -0.15) is 0 Å². The molecule has 168 valence electrons. The smallest absolute Gasteiger partial charge is 0.407 e. The number of ether oxygens (including phenoxy) is 1. The van der Waals surface area contributed by atoms with Crippen molar-refractivity contribution in [1.29, 1.82) is 0 Å². The van der Waals surface area contributed by atoms with Crippen LogP contribution in [0.4, 0.5) is 4.79 Å². The number of amides is 1. The number of rotatable bonds is 5. The Morgan fingerprint density at radius 2 is 1.63 bits per heavy atom. The molecule has 0 heterocycles. The van der Waals surface area contributed by atoms with Crippen LogP contribution in [0.3, 0.4) is 0 Å². The minimum atomic E-state index is -0.478. The molecular formula is C23H38N4O3. The number of carbonyl (C=O) groups excluding carboxylic acids is 1. The van der Waals surface area contributed by atoms with Gasteiger partial charge in [-0.1, -0.05) is 12.1 Å². The number of carbonyl (C=O) groups is 1. The van der Waals surface area contributed by atoms with Gasteiger partial charge in [0, 0.05) is 18.6 Å². The first kappa shape index (κ1) is 23.8. The SMILES string of the molecule is CCNC(=NCc1cc(C)c(O)c(C)c1)NC1CCC(NC(=O)OC(C)(C)C)CC1. The molecule has 1 saturated carbocycles. The lowest BCUT2D eigenvalue weighted by molar-refractivity contribution is 0.0490.